The maximum absolute atomic E-state index is 13.4. The van der Waals surface area contributed by atoms with E-state index in [1.165, 1.54) is 30.3 Å². The minimum Gasteiger partial charge on any atom is -0.350 e. The van der Waals surface area contributed by atoms with Crippen LogP contribution in [0, 0.1) is 12.7 Å². The predicted octanol–water partition coefficient (Wildman–Crippen LogP) is 3.59. The maximum Gasteiger partial charge on any atom is 0.343 e. The van der Waals surface area contributed by atoms with E-state index in [2.05, 4.69) is 5.32 Å². The summed E-state index contributed by atoms with van der Waals surface area (Å²) >= 11 is 0. The first-order valence-corrected chi connectivity index (χ1v) is 11.2. The monoisotopic (exact) mass is 453 g/mol. The number of aryl methyl sites for hydroxylation is 1. The summed E-state index contributed by atoms with van der Waals surface area (Å²) in [5.41, 5.74) is 2.08. The van der Waals surface area contributed by atoms with Gasteiger partial charge in [0.2, 0.25) is 5.91 Å². The second kappa shape index (κ2) is 8.43. The van der Waals surface area contributed by atoms with Gasteiger partial charge in [-0.05, 0) is 48.9 Å². The van der Waals surface area contributed by atoms with Crippen molar-refractivity contribution >= 4 is 33.3 Å². The van der Waals surface area contributed by atoms with Gasteiger partial charge in [0, 0.05) is 6.54 Å². The molecule has 0 saturated carbocycles. The zero-order chi connectivity index (χ0) is 22.9. The van der Waals surface area contributed by atoms with Crippen LogP contribution in [0.3, 0.4) is 0 Å². The van der Waals surface area contributed by atoms with Crippen LogP contribution < -0.4 is 14.5 Å². The molecule has 1 heterocycles. The Labute approximate surface area is 185 Å². The number of carbonyl (C=O) groups excluding carboxylic acids is 2. The third kappa shape index (κ3) is 4.06. The van der Waals surface area contributed by atoms with E-state index in [9.17, 15) is 22.4 Å². The van der Waals surface area contributed by atoms with Crippen LogP contribution in [0.2, 0.25) is 0 Å². The highest BCUT2D eigenvalue weighted by molar-refractivity contribution is 7.94. The van der Waals surface area contributed by atoms with Gasteiger partial charge >= 0.3 is 6.03 Å². The summed E-state index contributed by atoms with van der Waals surface area (Å²) in [6.45, 7) is 1.85. The maximum atomic E-state index is 13.4. The lowest BCUT2D eigenvalue weighted by Gasteiger charge is -2.35. The molecule has 9 heteroatoms. The van der Waals surface area contributed by atoms with E-state index < -0.39 is 27.8 Å². The van der Waals surface area contributed by atoms with E-state index >= 15 is 0 Å². The quantitative estimate of drug-likeness (QED) is 0.640. The third-order valence-electron chi connectivity index (χ3n) is 5.05. The number of anilines is 2. The van der Waals surface area contributed by atoms with E-state index in [-0.39, 0.29) is 29.4 Å². The van der Waals surface area contributed by atoms with Crippen molar-refractivity contribution in [3.8, 4) is 0 Å². The number of amides is 3. The molecule has 0 radical (unpaired) electrons. The molecular formula is C23H20FN3O4S. The van der Waals surface area contributed by atoms with Crippen LogP contribution >= 0.6 is 0 Å². The molecule has 0 bridgehead atoms. The number of rotatable bonds is 5. The smallest absolute Gasteiger partial charge is 0.343 e. The number of hydrogen-bond donors (Lipinski definition) is 1. The minimum absolute atomic E-state index is 0.0176. The SMILES string of the molecule is Cc1ccc(CNC(=O)CN2C(=O)N(c3ccc(F)cc3)S(=O)(=O)c3ccccc32)cc1. The topological polar surface area (TPSA) is 86.8 Å². The van der Waals surface area contributed by atoms with Gasteiger partial charge in [-0.3, -0.25) is 9.69 Å². The molecule has 7 nitrogen and oxygen atoms in total. The van der Waals surface area contributed by atoms with Crippen molar-refractivity contribution in [2.24, 2.45) is 0 Å². The second-order valence-corrected chi connectivity index (χ2v) is 9.10. The molecule has 0 saturated heterocycles. The zero-order valence-electron chi connectivity index (χ0n) is 17.2. The van der Waals surface area contributed by atoms with Gasteiger partial charge in [0.05, 0.1) is 11.4 Å². The molecule has 0 unspecified atom stereocenters. The lowest BCUT2D eigenvalue weighted by molar-refractivity contribution is -0.119. The Bertz CT molecular complexity index is 1280. The van der Waals surface area contributed by atoms with Crippen LogP contribution in [0.5, 0.6) is 0 Å². The number of sulfonamides is 1. The normalized spacial score (nSPS) is 14.8. The van der Waals surface area contributed by atoms with Crippen molar-refractivity contribution in [3.63, 3.8) is 0 Å². The molecule has 32 heavy (non-hydrogen) atoms. The van der Waals surface area contributed by atoms with E-state index in [0.717, 1.165) is 28.2 Å². The molecule has 0 atom stereocenters. The second-order valence-electron chi connectivity index (χ2n) is 7.34. The zero-order valence-corrected chi connectivity index (χ0v) is 18.0. The Hall–Kier alpha value is -3.72. The molecule has 3 aromatic carbocycles. The number of benzene rings is 3. The number of halogens is 1. The van der Waals surface area contributed by atoms with Gasteiger partial charge in [0.15, 0.2) is 0 Å². The number of hydrogen-bond acceptors (Lipinski definition) is 4. The van der Waals surface area contributed by atoms with Gasteiger partial charge in [0.25, 0.3) is 10.0 Å². The fourth-order valence-corrected chi connectivity index (χ4v) is 4.99. The highest BCUT2D eigenvalue weighted by Crippen LogP contribution is 2.36. The minimum atomic E-state index is -4.24. The molecular weight excluding hydrogens is 433 g/mol. The van der Waals surface area contributed by atoms with Crippen LogP contribution in [0.4, 0.5) is 20.6 Å². The molecule has 3 aromatic rings. The fourth-order valence-electron chi connectivity index (χ4n) is 3.40. The van der Waals surface area contributed by atoms with Gasteiger partial charge in [-0.25, -0.2) is 17.6 Å². The summed E-state index contributed by atoms with van der Waals surface area (Å²) in [6.07, 6.45) is 0. The predicted molar refractivity (Wildman–Crippen MR) is 118 cm³/mol. The molecule has 0 fully saturated rings. The average molecular weight is 453 g/mol. The molecule has 1 N–H and O–H groups in total. The molecule has 0 aromatic heterocycles. The number of fused-ring (bicyclic) bond motifs is 1. The van der Waals surface area contributed by atoms with E-state index in [1.807, 2.05) is 31.2 Å². The highest BCUT2D eigenvalue weighted by atomic mass is 32.2. The van der Waals surface area contributed by atoms with Crippen molar-refractivity contribution in [2.75, 3.05) is 15.7 Å². The Kier molecular flexibility index (Phi) is 5.67. The largest absolute Gasteiger partial charge is 0.350 e. The van der Waals surface area contributed by atoms with Crippen LogP contribution in [-0.2, 0) is 21.4 Å². The third-order valence-corrected chi connectivity index (χ3v) is 6.80. The fraction of sp³-hybridized carbons (Fsp3) is 0.130. The van der Waals surface area contributed by atoms with E-state index in [4.69, 9.17) is 0 Å². The van der Waals surface area contributed by atoms with Gasteiger partial charge in [-0.1, -0.05) is 42.0 Å². The summed E-state index contributed by atoms with van der Waals surface area (Å²) in [5, 5.41) is 2.75. The summed E-state index contributed by atoms with van der Waals surface area (Å²) in [4.78, 5) is 26.9. The van der Waals surface area contributed by atoms with Gasteiger partial charge < -0.3 is 5.32 Å². The van der Waals surface area contributed by atoms with Crippen molar-refractivity contribution in [1.82, 2.24) is 5.32 Å². The molecule has 0 spiro atoms. The van der Waals surface area contributed by atoms with Crippen molar-refractivity contribution in [2.45, 2.75) is 18.4 Å². The van der Waals surface area contributed by atoms with Gasteiger partial charge in [-0.15, -0.1) is 0 Å². The van der Waals surface area contributed by atoms with Crippen LogP contribution in [0.1, 0.15) is 11.1 Å². The van der Waals surface area contributed by atoms with Crippen molar-refractivity contribution < 1.29 is 22.4 Å². The van der Waals surface area contributed by atoms with Gasteiger partial charge in [-0.2, -0.15) is 4.31 Å². The number of carbonyl (C=O) groups is 2. The number of para-hydroxylation sites is 1. The lowest BCUT2D eigenvalue weighted by atomic mass is 10.1. The van der Waals surface area contributed by atoms with Crippen molar-refractivity contribution in [3.05, 3.63) is 89.7 Å². The Morgan fingerprint density at radius 2 is 1.62 bits per heavy atom. The standard InChI is InChI=1S/C23H20FN3O4S/c1-16-6-8-17(9-7-16)14-25-22(28)15-26-20-4-2-3-5-21(20)32(30,31)27(23(26)29)19-12-10-18(24)11-13-19/h2-13H,14-15H2,1H3,(H,25,28). The first-order valence-electron chi connectivity index (χ1n) is 9.81. The molecule has 0 aliphatic carbocycles. The summed E-state index contributed by atoms with van der Waals surface area (Å²) in [6, 6.07) is 17.2. The highest BCUT2D eigenvalue weighted by Gasteiger charge is 2.42. The number of nitrogens with zero attached hydrogens (tertiary/aromatic N) is 2. The molecule has 3 amide bonds. The molecule has 4 rings (SSSR count). The van der Waals surface area contributed by atoms with Gasteiger partial charge in [0.1, 0.15) is 17.3 Å². The van der Waals surface area contributed by atoms with E-state index in [1.54, 1.807) is 6.07 Å². The summed E-state index contributed by atoms with van der Waals surface area (Å²) < 4.78 is 40.3. The first kappa shape index (κ1) is 21.5. The van der Waals surface area contributed by atoms with Crippen LogP contribution in [0.25, 0.3) is 0 Å². The molecule has 1 aliphatic rings. The number of nitrogens with one attached hydrogen (secondary N) is 1. The average Bonchev–Trinajstić information content (AvgIpc) is 2.77. The van der Waals surface area contributed by atoms with Crippen LogP contribution in [0.15, 0.2) is 77.7 Å². The number of urea groups is 1. The molecule has 1 aliphatic heterocycles. The first-order chi connectivity index (χ1) is 15.3. The van der Waals surface area contributed by atoms with Crippen LogP contribution in [-0.4, -0.2) is 26.9 Å². The Morgan fingerprint density at radius 1 is 0.969 bits per heavy atom. The summed E-state index contributed by atoms with van der Waals surface area (Å²) in [5.74, 6) is -1.02. The summed E-state index contributed by atoms with van der Waals surface area (Å²) in [7, 11) is -4.24. The lowest BCUT2D eigenvalue weighted by Crippen LogP contribution is -2.53. The Balaban J connectivity index is 1.63. The van der Waals surface area contributed by atoms with Crippen molar-refractivity contribution in [1.29, 1.82) is 0 Å². The van der Waals surface area contributed by atoms with E-state index in [0.29, 0.717) is 4.31 Å². The Morgan fingerprint density at radius 3 is 2.31 bits per heavy atom. The molecule has 164 valence electrons.